The fraction of sp³-hybridized carbons (Fsp3) is 0.625. The van der Waals surface area contributed by atoms with E-state index in [1.54, 1.807) is 0 Å². The number of carboxylic acid groups (broad SMARTS) is 1. The van der Waals surface area contributed by atoms with Crippen LogP contribution >= 0.6 is 0 Å². The van der Waals surface area contributed by atoms with E-state index in [1.807, 2.05) is 5.32 Å². The summed E-state index contributed by atoms with van der Waals surface area (Å²) in [6.07, 6.45) is -0.510. The Morgan fingerprint density at radius 2 is 1.93 bits per heavy atom. The molecule has 15 heavy (non-hydrogen) atoms. The first-order chi connectivity index (χ1) is 7.06. The van der Waals surface area contributed by atoms with E-state index in [-0.39, 0.29) is 19.4 Å². The molecular formula is C8H14N2O5. The van der Waals surface area contributed by atoms with Gasteiger partial charge in [0.1, 0.15) is 0 Å². The number of aliphatic carboxylic acids is 1. The molecule has 7 nitrogen and oxygen atoms in total. The van der Waals surface area contributed by atoms with E-state index in [0.717, 1.165) is 0 Å². The molecule has 0 aliphatic heterocycles. The highest BCUT2D eigenvalue weighted by molar-refractivity contribution is 5.95. The maximum Gasteiger partial charge on any atom is 0.321 e. The molecule has 0 aromatic heterocycles. The number of hydrogen-bond donors (Lipinski definition) is 3. The fourth-order valence-electron chi connectivity index (χ4n) is 0.720. The van der Waals surface area contributed by atoms with Crippen LogP contribution in [0.1, 0.15) is 12.8 Å². The highest BCUT2D eigenvalue weighted by atomic mass is 16.5. The van der Waals surface area contributed by atoms with E-state index in [0.29, 0.717) is 6.61 Å². The zero-order valence-electron chi connectivity index (χ0n) is 8.41. The Hall–Kier alpha value is -1.63. The summed E-state index contributed by atoms with van der Waals surface area (Å²) in [4.78, 5) is 32.0. The van der Waals surface area contributed by atoms with Gasteiger partial charge in [0.25, 0.3) is 0 Å². The predicted octanol–water partition coefficient (Wildman–Crippen LogP) is -0.677. The Labute approximate surface area is 86.8 Å². The number of methoxy groups -OCH3 is 1. The summed E-state index contributed by atoms with van der Waals surface area (Å²) < 4.78 is 4.67. The van der Waals surface area contributed by atoms with Crippen LogP contribution in [0, 0.1) is 0 Å². The Morgan fingerprint density at radius 1 is 1.27 bits per heavy atom. The quantitative estimate of drug-likeness (QED) is 0.512. The predicted molar refractivity (Wildman–Crippen MR) is 50.3 cm³/mol. The van der Waals surface area contributed by atoms with Crippen molar-refractivity contribution in [3.63, 3.8) is 0 Å². The first kappa shape index (κ1) is 13.4. The van der Waals surface area contributed by atoms with Crippen molar-refractivity contribution in [2.45, 2.75) is 12.8 Å². The molecule has 0 aliphatic carbocycles. The van der Waals surface area contributed by atoms with Crippen LogP contribution in [-0.2, 0) is 14.3 Å². The lowest BCUT2D eigenvalue weighted by atomic mass is 10.3. The summed E-state index contributed by atoms with van der Waals surface area (Å²) in [6, 6.07) is -0.651. The zero-order valence-corrected chi connectivity index (χ0v) is 8.41. The van der Waals surface area contributed by atoms with Gasteiger partial charge in [0.05, 0.1) is 13.0 Å². The molecule has 0 saturated carbocycles. The van der Waals surface area contributed by atoms with E-state index in [2.05, 4.69) is 10.1 Å². The standard InChI is InChI=1S/C8H14N2O5/c1-15-5-4-9-8(14)10-6(11)2-3-7(12)13/h2-5H2,1H3,(H,12,13)(H2,9,10,11,14). The molecular weight excluding hydrogens is 204 g/mol. The lowest BCUT2D eigenvalue weighted by Crippen LogP contribution is -2.40. The number of imide groups is 1. The third kappa shape index (κ3) is 8.69. The minimum absolute atomic E-state index is 0.215. The molecule has 3 amide bonds. The fourth-order valence-corrected chi connectivity index (χ4v) is 0.720. The molecule has 0 heterocycles. The SMILES string of the molecule is COCCNC(=O)NC(=O)CCC(=O)O. The van der Waals surface area contributed by atoms with Gasteiger partial charge in [-0.3, -0.25) is 14.9 Å². The molecule has 0 fully saturated rings. The molecule has 86 valence electrons. The summed E-state index contributed by atoms with van der Waals surface area (Å²) in [7, 11) is 1.48. The highest BCUT2D eigenvalue weighted by Crippen LogP contribution is 1.87. The number of carbonyl (C=O) groups is 3. The van der Waals surface area contributed by atoms with Crippen molar-refractivity contribution in [1.82, 2.24) is 10.6 Å². The number of rotatable bonds is 6. The molecule has 0 rings (SSSR count). The molecule has 0 atom stereocenters. The van der Waals surface area contributed by atoms with Crippen molar-refractivity contribution in [3.05, 3.63) is 0 Å². The summed E-state index contributed by atoms with van der Waals surface area (Å²) >= 11 is 0. The van der Waals surface area contributed by atoms with Crippen molar-refractivity contribution >= 4 is 17.9 Å². The smallest absolute Gasteiger partial charge is 0.321 e. The lowest BCUT2D eigenvalue weighted by molar-refractivity contribution is -0.138. The van der Waals surface area contributed by atoms with Crippen LogP contribution in [0.25, 0.3) is 0 Å². The summed E-state index contributed by atoms with van der Waals surface area (Å²) in [5.41, 5.74) is 0. The third-order valence-electron chi connectivity index (χ3n) is 1.41. The normalized spacial score (nSPS) is 9.40. The van der Waals surface area contributed by atoms with Gasteiger partial charge in [-0.15, -0.1) is 0 Å². The van der Waals surface area contributed by atoms with Crippen LogP contribution in [0.2, 0.25) is 0 Å². The van der Waals surface area contributed by atoms with Gasteiger partial charge in [0.2, 0.25) is 5.91 Å². The minimum Gasteiger partial charge on any atom is -0.481 e. The van der Waals surface area contributed by atoms with Crippen LogP contribution in [0.5, 0.6) is 0 Å². The van der Waals surface area contributed by atoms with Gasteiger partial charge in [-0.25, -0.2) is 4.79 Å². The second-order valence-corrected chi connectivity index (χ2v) is 2.69. The van der Waals surface area contributed by atoms with Crippen LogP contribution in [0.15, 0.2) is 0 Å². The largest absolute Gasteiger partial charge is 0.481 e. The molecule has 3 N–H and O–H groups in total. The maximum absolute atomic E-state index is 10.9. The molecule has 0 aliphatic rings. The average molecular weight is 218 g/mol. The minimum atomic E-state index is -1.08. The second-order valence-electron chi connectivity index (χ2n) is 2.69. The monoisotopic (exact) mass is 218 g/mol. The van der Waals surface area contributed by atoms with E-state index < -0.39 is 17.9 Å². The summed E-state index contributed by atoms with van der Waals surface area (Å²) in [6.45, 7) is 0.630. The molecule has 0 aromatic rings. The van der Waals surface area contributed by atoms with Crippen molar-refractivity contribution in [3.8, 4) is 0 Å². The van der Waals surface area contributed by atoms with E-state index in [9.17, 15) is 14.4 Å². The Balaban J connectivity index is 3.58. The Bertz CT molecular complexity index is 241. The van der Waals surface area contributed by atoms with Crippen LogP contribution in [0.4, 0.5) is 4.79 Å². The Morgan fingerprint density at radius 3 is 2.47 bits per heavy atom. The van der Waals surface area contributed by atoms with E-state index in [4.69, 9.17) is 5.11 Å². The molecule has 0 bridgehead atoms. The molecule has 0 spiro atoms. The van der Waals surface area contributed by atoms with Gasteiger partial charge in [0, 0.05) is 20.1 Å². The van der Waals surface area contributed by atoms with Gasteiger partial charge in [-0.2, -0.15) is 0 Å². The number of nitrogens with one attached hydrogen (secondary N) is 2. The van der Waals surface area contributed by atoms with Gasteiger partial charge in [0.15, 0.2) is 0 Å². The molecule has 0 aromatic carbocycles. The van der Waals surface area contributed by atoms with Crippen molar-refractivity contribution in [2.75, 3.05) is 20.3 Å². The van der Waals surface area contributed by atoms with Crippen molar-refractivity contribution in [1.29, 1.82) is 0 Å². The third-order valence-corrected chi connectivity index (χ3v) is 1.41. The number of carboxylic acids is 1. The van der Waals surface area contributed by atoms with E-state index in [1.165, 1.54) is 7.11 Å². The van der Waals surface area contributed by atoms with E-state index >= 15 is 0 Å². The number of amides is 3. The van der Waals surface area contributed by atoms with Crippen LogP contribution in [-0.4, -0.2) is 43.3 Å². The first-order valence-electron chi connectivity index (χ1n) is 4.34. The van der Waals surface area contributed by atoms with Crippen LogP contribution < -0.4 is 10.6 Å². The molecule has 0 saturated heterocycles. The van der Waals surface area contributed by atoms with Gasteiger partial charge in [-0.05, 0) is 0 Å². The maximum atomic E-state index is 10.9. The van der Waals surface area contributed by atoms with Crippen molar-refractivity contribution in [2.24, 2.45) is 0 Å². The topological polar surface area (TPSA) is 105 Å². The number of urea groups is 1. The first-order valence-corrected chi connectivity index (χ1v) is 4.34. The lowest BCUT2D eigenvalue weighted by Gasteiger charge is -2.04. The van der Waals surface area contributed by atoms with Gasteiger partial charge >= 0.3 is 12.0 Å². The van der Waals surface area contributed by atoms with Crippen LogP contribution in [0.3, 0.4) is 0 Å². The van der Waals surface area contributed by atoms with Gasteiger partial charge in [-0.1, -0.05) is 0 Å². The van der Waals surface area contributed by atoms with Crippen molar-refractivity contribution < 1.29 is 24.2 Å². The van der Waals surface area contributed by atoms with Gasteiger partial charge < -0.3 is 15.2 Å². The summed E-state index contributed by atoms with van der Waals surface area (Å²) in [5, 5.41) is 12.6. The number of ether oxygens (including phenoxy) is 1. The number of carbonyl (C=O) groups excluding carboxylic acids is 2. The second kappa shape index (κ2) is 7.74. The molecule has 7 heteroatoms. The molecule has 0 radical (unpaired) electrons. The average Bonchev–Trinajstić information content (AvgIpc) is 2.15. The zero-order chi connectivity index (χ0) is 11.7. The number of hydrogen-bond acceptors (Lipinski definition) is 4. The summed E-state index contributed by atoms with van der Waals surface area (Å²) in [5.74, 6) is -1.70. The highest BCUT2D eigenvalue weighted by Gasteiger charge is 2.08. The molecule has 0 unspecified atom stereocenters. The Kier molecular flexibility index (Phi) is 6.90.